The van der Waals surface area contributed by atoms with Crippen LogP contribution in [0.4, 0.5) is 0 Å². The number of rotatable bonds is 0. The van der Waals surface area contributed by atoms with Crippen LogP contribution in [-0.4, -0.2) is 21.9 Å². The molecule has 0 aliphatic heterocycles. The maximum Gasteiger partial charge on any atom is 0 e. The van der Waals surface area contributed by atoms with Gasteiger partial charge < -0.3 is 36.8 Å². The van der Waals surface area contributed by atoms with Crippen LogP contribution in [0.25, 0.3) is 0 Å². The molecule has 8 heavy (non-hydrogen) atoms. The first kappa shape index (κ1) is 276. The SMILES string of the molecule is O.O.O.O.[CH3-].[CH3-].[Zr].[Zr]. The van der Waals surface area contributed by atoms with E-state index < -0.39 is 0 Å². The van der Waals surface area contributed by atoms with Crippen LogP contribution in [-0.2, 0) is 52.4 Å². The molecule has 0 rings (SSSR count). The van der Waals surface area contributed by atoms with Crippen LogP contribution in [0.15, 0.2) is 0 Å². The van der Waals surface area contributed by atoms with E-state index in [1.807, 2.05) is 0 Å². The Labute approximate surface area is 88.5 Å². The minimum atomic E-state index is 0. The molecule has 0 aliphatic carbocycles. The molecule has 0 bridgehead atoms. The molecule has 0 aromatic carbocycles. The fourth-order valence-electron chi connectivity index (χ4n) is 0. The molecule has 8 N–H and O–H groups in total. The van der Waals surface area contributed by atoms with Gasteiger partial charge >= 0.3 is 0 Å². The van der Waals surface area contributed by atoms with Gasteiger partial charge in [-0.25, -0.2) is 0 Å². The van der Waals surface area contributed by atoms with Crippen LogP contribution in [0, 0.1) is 14.9 Å². The molecule has 56 valence electrons. The summed E-state index contributed by atoms with van der Waals surface area (Å²) in [6.07, 6.45) is 0. The van der Waals surface area contributed by atoms with Crippen LogP contribution in [0.2, 0.25) is 0 Å². The molecule has 0 amide bonds. The predicted molar refractivity (Wildman–Crippen MR) is 27.3 cm³/mol. The second-order valence-corrected chi connectivity index (χ2v) is 0. The first-order chi connectivity index (χ1) is 0. The Kier molecular flexibility index (Phi) is 6650. The first-order valence-electron chi connectivity index (χ1n) is 0. The van der Waals surface area contributed by atoms with Crippen molar-refractivity contribution in [2.45, 2.75) is 0 Å². The first-order valence-corrected chi connectivity index (χ1v) is 0. The van der Waals surface area contributed by atoms with Crippen molar-refractivity contribution in [2.75, 3.05) is 0 Å². The van der Waals surface area contributed by atoms with Crippen LogP contribution in [0.1, 0.15) is 0 Å². The van der Waals surface area contributed by atoms with Crippen molar-refractivity contribution in [2.24, 2.45) is 0 Å². The van der Waals surface area contributed by atoms with Gasteiger partial charge in [-0.05, 0) is 0 Å². The van der Waals surface area contributed by atoms with Crippen molar-refractivity contribution in [3.8, 4) is 0 Å². The molecule has 0 saturated carbocycles. The third-order valence-electron chi connectivity index (χ3n) is 0. The maximum absolute atomic E-state index is 0. The quantitative estimate of drug-likeness (QED) is 0.440. The Hall–Kier alpha value is 1.61. The smallest absolute Gasteiger partial charge is 0 e. The van der Waals surface area contributed by atoms with Crippen molar-refractivity contribution in [3.63, 3.8) is 0 Å². The van der Waals surface area contributed by atoms with E-state index in [1.54, 1.807) is 0 Å². The Morgan fingerprint density at radius 3 is 0.375 bits per heavy atom. The summed E-state index contributed by atoms with van der Waals surface area (Å²) in [6, 6.07) is 0. The Balaban J connectivity index is 0. The van der Waals surface area contributed by atoms with Crippen molar-refractivity contribution in [1.82, 2.24) is 0 Å². The molecular weight excluding hydrogens is 270 g/mol. The largest absolute Gasteiger partial charge is 0.412 e. The molecule has 0 saturated heterocycles. The summed E-state index contributed by atoms with van der Waals surface area (Å²) in [5.74, 6) is 0. The van der Waals surface area contributed by atoms with Gasteiger partial charge in [0.1, 0.15) is 0 Å². The third kappa shape index (κ3) is 129. The molecule has 4 nitrogen and oxygen atoms in total. The van der Waals surface area contributed by atoms with E-state index in [1.165, 1.54) is 0 Å². The van der Waals surface area contributed by atoms with Gasteiger partial charge in [-0.1, -0.05) is 0 Å². The second kappa shape index (κ2) is 193. The third-order valence-corrected chi connectivity index (χ3v) is 0. The molecule has 6 heteroatoms. The molecule has 0 fully saturated rings. The van der Waals surface area contributed by atoms with E-state index in [0.29, 0.717) is 0 Å². The molecule has 0 aliphatic rings. The van der Waals surface area contributed by atoms with Crippen molar-refractivity contribution < 1.29 is 74.3 Å². The fraction of sp³-hybridized carbons (Fsp3) is 0. The Morgan fingerprint density at radius 1 is 0.375 bits per heavy atom. The maximum atomic E-state index is 0. The topological polar surface area (TPSA) is 126 Å². The van der Waals surface area contributed by atoms with Gasteiger partial charge in [-0.2, -0.15) is 0 Å². The minimum Gasteiger partial charge on any atom is -0.412 e. The molecule has 0 aromatic heterocycles. The van der Waals surface area contributed by atoms with Gasteiger partial charge in [0.15, 0.2) is 0 Å². The number of hydrogen-bond acceptors (Lipinski definition) is 0. The van der Waals surface area contributed by atoms with E-state index in [0.717, 1.165) is 0 Å². The van der Waals surface area contributed by atoms with Gasteiger partial charge in [0.2, 0.25) is 0 Å². The Morgan fingerprint density at radius 2 is 0.375 bits per heavy atom. The molecule has 0 radical (unpaired) electrons. The summed E-state index contributed by atoms with van der Waals surface area (Å²) in [5.41, 5.74) is 0. The van der Waals surface area contributed by atoms with Gasteiger partial charge in [-0.3, -0.25) is 0 Å². The molecule has 0 unspecified atom stereocenters. The Bertz CT molecular complexity index is 12.0. The van der Waals surface area contributed by atoms with E-state index in [2.05, 4.69) is 0 Å². The second-order valence-electron chi connectivity index (χ2n) is 0. The van der Waals surface area contributed by atoms with Crippen molar-refractivity contribution in [1.29, 1.82) is 0 Å². The standard InChI is InChI=1S/2CH3.4H2O.2Zr/h2*1H3;4*1H2;;/q2*-1;;;;;;. The van der Waals surface area contributed by atoms with E-state index in [4.69, 9.17) is 0 Å². The number of hydrogen-bond donors (Lipinski definition) is 0. The molecule has 0 aromatic rings. The average molecular weight is 285 g/mol. The molecule has 0 spiro atoms. The zero-order chi connectivity index (χ0) is 0. The molecular formula is C2H14O4Zr2-2. The summed E-state index contributed by atoms with van der Waals surface area (Å²) in [4.78, 5) is 0. The monoisotopic (exact) mass is 282 g/mol. The molecule has 0 heterocycles. The van der Waals surface area contributed by atoms with Crippen molar-refractivity contribution in [3.05, 3.63) is 14.9 Å². The van der Waals surface area contributed by atoms with Crippen LogP contribution in [0.5, 0.6) is 0 Å². The summed E-state index contributed by atoms with van der Waals surface area (Å²) in [5, 5.41) is 0. The van der Waals surface area contributed by atoms with Gasteiger partial charge in [0.25, 0.3) is 0 Å². The van der Waals surface area contributed by atoms with Crippen LogP contribution in [0.3, 0.4) is 0 Å². The van der Waals surface area contributed by atoms with Crippen molar-refractivity contribution >= 4 is 0 Å². The fourth-order valence-corrected chi connectivity index (χ4v) is 0. The summed E-state index contributed by atoms with van der Waals surface area (Å²) in [6.45, 7) is 0. The predicted octanol–water partition coefficient (Wildman–Crippen LogP) is -2.40. The van der Waals surface area contributed by atoms with Gasteiger partial charge in [0.05, 0.1) is 0 Å². The van der Waals surface area contributed by atoms with Crippen LogP contribution >= 0.6 is 0 Å². The van der Waals surface area contributed by atoms with Gasteiger partial charge in [0, 0.05) is 52.4 Å². The average Bonchev–Trinajstić information content (AvgIpc) is 0. The van der Waals surface area contributed by atoms with Crippen LogP contribution < -0.4 is 0 Å². The van der Waals surface area contributed by atoms with E-state index >= 15 is 0 Å². The summed E-state index contributed by atoms with van der Waals surface area (Å²) in [7, 11) is 0. The zero-order valence-corrected chi connectivity index (χ0v) is 9.92. The van der Waals surface area contributed by atoms with Gasteiger partial charge in [-0.15, -0.1) is 0 Å². The van der Waals surface area contributed by atoms with E-state index in [-0.39, 0.29) is 89.2 Å². The molecule has 0 atom stereocenters. The normalized spacial score (nSPS) is 0. The zero-order valence-electron chi connectivity index (χ0n) is 5.00. The minimum absolute atomic E-state index is 0. The summed E-state index contributed by atoms with van der Waals surface area (Å²) >= 11 is 0. The van der Waals surface area contributed by atoms with E-state index in [9.17, 15) is 0 Å². The summed E-state index contributed by atoms with van der Waals surface area (Å²) < 4.78 is 0.